The molecule has 4 rings (SSSR count). The van der Waals surface area contributed by atoms with E-state index in [4.69, 9.17) is 5.11 Å². The minimum absolute atomic E-state index is 0.184. The Morgan fingerprint density at radius 1 is 0.848 bits per heavy atom. The van der Waals surface area contributed by atoms with Gasteiger partial charge in [0.15, 0.2) is 11.5 Å². The Morgan fingerprint density at radius 3 is 2.00 bits per heavy atom. The van der Waals surface area contributed by atoms with E-state index in [0.717, 1.165) is 6.07 Å². The first-order valence-electron chi connectivity index (χ1n) is 9.90. The van der Waals surface area contributed by atoms with Crippen LogP contribution in [0.4, 0.5) is 19.0 Å². The molecule has 0 saturated carbocycles. The summed E-state index contributed by atoms with van der Waals surface area (Å²) in [4.78, 5) is 30.3. The summed E-state index contributed by atoms with van der Waals surface area (Å²) in [5.41, 5.74) is -1.51. The van der Waals surface area contributed by atoms with Crippen LogP contribution >= 0.6 is 0 Å². The van der Waals surface area contributed by atoms with Gasteiger partial charge in [-0.3, -0.25) is 9.78 Å². The summed E-state index contributed by atoms with van der Waals surface area (Å²) in [5.74, 6) is -1.41. The van der Waals surface area contributed by atoms with Gasteiger partial charge < -0.3 is 14.9 Å². The number of aromatic carboxylic acids is 1. The van der Waals surface area contributed by atoms with E-state index in [1.54, 1.807) is 17.3 Å². The van der Waals surface area contributed by atoms with Gasteiger partial charge in [-0.15, -0.1) is 10.2 Å². The Bertz CT molecular complexity index is 1040. The number of pyridine rings is 1. The van der Waals surface area contributed by atoms with Gasteiger partial charge in [0, 0.05) is 38.6 Å². The number of amides is 1. The molecule has 8 nitrogen and oxygen atoms in total. The normalized spacial score (nSPS) is 13.7. The van der Waals surface area contributed by atoms with Crippen molar-refractivity contribution < 1.29 is 27.9 Å². The number of carbonyl (C=O) groups is 2. The van der Waals surface area contributed by atoms with E-state index in [9.17, 15) is 22.8 Å². The molecule has 0 unspecified atom stereocenters. The SMILES string of the molecule is O=C(O)c1ccc(N2CCN(C(=O)c3ccccc3C(F)(F)F)CC2)nn1.c1ccncc1. The number of carboxylic acid groups (broad SMARTS) is 1. The summed E-state index contributed by atoms with van der Waals surface area (Å²) in [6.45, 7) is 1.13. The molecular weight excluding hydrogens is 439 g/mol. The molecule has 1 saturated heterocycles. The zero-order valence-electron chi connectivity index (χ0n) is 17.3. The third-order valence-corrected chi connectivity index (χ3v) is 4.79. The van der Waals surface area contributed by atoms with Crippen molar-refractivity contribution in [1.29, 1.82) is 0 Å². The van der Waals surface area contributed by atoms with Gasteiger partial charge >= 0.3 is 12.1 Å². The summed E-state index contributed by atoms with van der Waals surface area (Å²) in [6.07, 6.45) is -1.10. The van der Waals surface area contributed by atoms with Crippen LogP contribution in [0.2, 0.25) is 0 Å². The number of piperazine rings is 1. The van der Waals surface area contributed by atoms with Gasteiger partial charge in [-0.25, -0.2) is 4.79 Å². The fourth-order valence-electron chi connectivity index (χ4n) is 3.15. The van der Waals surface area contributed by atoms with Crippen molar-refractivity contribution >= 4 is 17.7 Å². The number of anilines is 1. The number of halogens is 3. The molecule has 0 bridgehead atoms. The highest BCUT2D eigenvalue weighted by atomic mass is 19.4. The van der Waals surface area contributed by atoms with Crippen LogP contribution in [0.5, 0.6) is 0 Å². The maximum Gasteiger partial charge on any atom is 0.417 e. The van der Waals surface area contributed by atoms with Crippen molar-refractivity contribution in [2.75, 3.05) is 31.1 Å². The Labute approximate surface area is 187 Å². The van der Waals surface area contributed by atoms with Crippen LogP contribution < -0.4 is 4.90 Å². The standard InChI is InChI=1S/C17H15F3N4O3.C5H5N/c18-17(19,20)12-4-2-1-3-11(12)15(25)24-9-7-23(8-10-24)14-6-5-13(16(26)27)21-22-14;1-2-4-6-5-3-1/h1-6H,7-10H2,(H,26,27);1-5H. The molecule has 0 radical (unpaired) electrons. The number of hydrogen-bond acceptors (Lipinski definition) is 6. The van der Waals surface area contributed by atoms with E-state index in [1.165, 1.54) is 35.2 Å². The van der Waals surface area contributed by atoms with Crippen LogP contribution in [-0.4, -0.2) is 63.2 Å². The first-order chi connectivity index (χ1) is 15.8. The van der Waals surface area contributed by atoms with E-state index < -0.39 is 23.6 Å². The molecule has 1 N–H and O–H groups in total. The van der Waals surface area contributed by atoms with Crippen molar-refractivity contribution in [3.63, 3.8) is 0 Å². The number of rotatable bonds is 3. The van der Waals surface area contributed by atoms with Gasteiger partial charge in [-0.2, -0.15) is 13.2 Å². The number of nitrogens with zero attached hydrogens (tertiary/aromatic N) is 5. The number of benzene rings is 1. The third-order valence-electron chi connectivity index (χ3n) is 4.79. The number of aromatic nitrogens is 3. The lowest BCUT2D eigenvalue weighted by atomic mass is 10.1. The molecule has 1 aliphatic heterocycles. The lowest BCUT2D eigenvalue weighted by molar-refractivity contribution is -0.138. The first kappa shape index (κ1) is 23.6. The topological polar surface area (TPSA) is 99.5 Å². The maximum absolute atomic E-state index is 13.1. The Balaban J connectivity index is 0.000000442. The second-order valence-electron chi connectivity index (χ2n) is 6.93. The quantitative estimate of drug-likeness (QED) is 0.642. The van der Waals surface area contributed by atoms with Gasteiger partial charge in [0.25, 0.3) is 5.91 Å². The van der Waals surface area contributed by atoms with Crippen LogP contribution in [0.25, 0.3) is 0 Å². The zero-order chi connectivity index (χ0) is 23.8. The maximum atomic E-state index is 13.1. The Morgan fingerprint density at radius 2 is 1.52 bits per heavy atom. The third kappa shape index (κ3) is 6.25. The molecule has 11 heteroatoms. The largest absolute Gasteiger partial charge is 0.476 e. The molecular formula is C22H20F3N5O3. The fraction of sp³-hybridized carbons (Fsp3) is 0.227. The molecule has 3 aromatic rings. The molecule has 33 heavy (non-hydrogen) atoms. The number of carbonyl (C=O) groups excluding carboxylic acids is 1. The first-order valence-corrected chi connectivity index (χ1v) is 9.90. The number of carboxylic acids is 1. The van der Waals surface area contributed by atoms with Gasteiger partial charge in [0.05, 0.1) is 11.1 Å². The minimum atomic E-state index is -4.60. The molecule has 1 aliphatic rings. The van der Waals surface area contributed by atoms with E-state index >= 15 is 0 Å². The Kier molecular flexibility index (Phi) is 7.54. The van der Waals surface area contributed by atoms with Crippen LogP contribution in [0.15, 0.2) is 67.0 Å². The molecule has 0 atom stereocenters. The molecule has 172 valence electrons. The average molecular weight is 459 g/mol. The average Bonchev–Trinajstić information content (AvgIpc) is 2.85. The summed E-state index contributed by atoms with van der Waals surface area (Å²) < 4.78 is 39.3. The van der Waals surface area contributed by atoms with Crippen molar-refractivity contribution in [3.8, 4) is 0 Å². The molecule has 2 aromatic heterocycles. The molecule has 1 aromatic carbocycles. The molecule has 0 spiro atoms. The summed E-state index contributed by atoms with van der Waals surface area (Å²) >= 11 is 0. The fourth-order valence-corrected chi connectivity index (χ4v) is 3.15. The summed E-state index contributed by atoms with van der Waals surface area (Å²) in [5, 5.41) is 16.3. The molecule has 0 aliphatic carbocycles. The van der Waals surface area contributed by atoms with Gasteiger partial charge in [-0.05, 0) is 36.4 Å². The van der Waals surface area contributed by atoms with E-state index in [1.807, 2.05) is 18.2 Å². The van der Waals surface area contributed by atoms with Gasteiger partial charge in [-0.1, -0.05) is 18.2 Å². The summed E-state index contributed by atoms with van der Waals surface area (Å²) in [7, 11) is 0. The van der Waals surface area contributed by atoms with E-state index in [0.29, 0.717) is 18.9 Å². The second kappa shape index (κ2) is 10.5. The van der Waals surface area contributed by atoms with Crippen LogP contribution in [0.1, 0.15) is 26.4 Å². The second-order valence-corrected chi connectivity index (χ2v) is 6.93. The van der Waals surface area contributed by atoms with Crippen molar-refractivity contribution in [2.45, 2.75) is 6.18 Å². The highest BCUT2D eigenvalue weighted by molar-refractivity contribution is 5.96. The highest BCUT2D eigenvalue weighted by Gasteiger charge is 2.36. The lowest BCUT2D eigenvalue weighted by Crippen LogP contribution is -2.49. The zero-order valence-corrected chi connectivity index (χ0v) is 17.3. The summed E-state index contributed by atoms with van der Waals surface area (Å²) in [6, 6.07) is 13.3. The van der Waals surface area contributed by atoms with Crippen molar-refractivity contribution in [3.05, 3.63) is 83.8 Å². The minimum Gasteiger partial charge on any atom is -0.476 e. The van der Waals surface area contributed by atoms with E-state index in [-0.39, 0.29) is 24.3 Å². The van der Waals surface area contributed by atoms with Crippen LogP contribution in [0.3, 0.4) is 0 Å². The number of hydrogen-bond donors (Lipinski definition) is 1. The van der Waals surface area contributed by atoms with Crippen LogP contribution in [-0.2, 0) is 6.18 Å². The number of alkyl halides is 3. The van der Waals surface area contributed by atoms with E-state index in [2.05, 4.69) is 15.2 Å². The van der Waals surface area contributed by atoms with Crippen LogP contribution in [0, 0.1) is 0 Å². The monoisotopic (exact) mass is 459 g/mol. The van der Waals surface area contributed by atoms with Gasteiger partial charge in [0.1, 0.15) is 0 Å². The highest BCUT2D eigenvalue weighted by Crippen LogP contribution is 2.32. The predicted molar refractivity (Wildman–Crippen MR) is 113 cm³/mol. The van der Waals surface area contributed by atoms with Gasteiger partial charge in [0.2, 0.25) is 0 Å². The van der Waals surface area contributed by atoms with Crippen molar-refractivity contribution in [2.24, 2.45) is 0 Å². The van der Waals surface area contributed by atoms with Crippen molar-refractivity contribution in [1.82, 2.24) is 20.1 Å². The smallest absolute Gasteiger partial charge is 0.417 e. The molecule has 3 heterocycles. The molecule has 1 fully saturated rings. The molecule has 1 amide bonds. The lowest BCUT2D eigenvalue weighted by Gasteiger charge is -2.35. The Hall–Kier alpha value is -4.02. The predicted octanol–water partition coefficient (Wildman–Crippen LogP) is 3.24.